The summed E-state index contributed by atoms with van der Waals surface area (Å²) in [6, 6.07) is 0. The second kappa shape index (κ2) is 3.84. The van der Waals surface area contributed by atoms with Crippen molar-refractivity contribution in [3.05, 3.63) is 10.6 Å². The second-order valence-corrected chi connectivity index (χ2v) is 3.80. The zero-order valence-corrected chi connectivity index (χ0v) is 8.27. The van der Waals surface area contributed by atoms with Crippen molar-refractivity contribution < 1.29 is 5.21 Å². The highest BCUT2D eigenvalue weighted by molar-refractivity contribution is 7.15. The van der Waals surface area contributed by atoms with Gasteiger partial charge < -0.3 is 10.1 Å². The van der Waals surface area contributed by atoms with Crippen LogP contribution >= 0.6 is 11.3 Å². The summed E-state index contributed by atoms with van der Waals surface area (Å²) in [5.41, 5.74) is 3.11. The normalized spacial score (nSPS) is 10.3. The Morgan fingerprint density at radius 3 is 2.67 bits per heavy atom. The van der Waals surface area contributed by atoms with Gasteiger partial charge in [-0.1, -0.05) is 0 Å². The van der Waals surface area contributed by atoms with Gasteiger partial charge in [0.1, 0.15) is 0 Å². The fourth-order valence-corrected chi connectivity index (χ4v) is 1.76. The minimum atomic E-state index is 0.470. The van der Waals surface area contributed by atoms with Crippen molar-refractivity contribution in [2.45, 2.75) is 13.5 Å². The topological polar surface area (TPSA) is 48.4 Å². The lowest BCUT2D eigenvalue weighted by molar-refractivity contribution is 0.162. The summed E-state index contributed by atoms with van der Waals surface area (Å²) in [6.07, 6.45) is 0. The first-order chi connectivity index (χ1) is 5.65. The summed E-state index contributed by atoms with van der Waals surface area (Å²) in [7, 11) is 3.91. The fourth-order valence-electron chi connectivity index (χ4n) is 0.840. The van der Waals surface area contributed by atoms with Crippen LogP contribution in [0.1, 0.15) is 10.6 Å². The Labute approximate surface area is 75.8 Å². The maximum Gasteiger partial charge on any atom is 0.185 e. The maximum absolute atomic E-state index is 8.51. The molecule has 2 N–H and O–H groups in total. The van der Waals surface area contributed by atoms with Gasteiger partial charge in [0, 0.05) is 19.0 Å². The van der Waals surface area contributed by atoms with Crippen LogP contribution in [0.3, 0.4) is 0 Å². The summed E-state index contributed by atoms with van der Waals surface area (Å²) in [6.45, 7) is 2.41. The predicted octanol–water partition coefficient (Wildman–Crippen LogP) is 0.996. The van der Waals surface area contributed by atoms with E-state index < -0.39 is 0 Å². The first kappa shape index (κ1) is 9.44. The molecule has 0 radical (unpaired) electrons. The van der Waals surface area contributed by atoms with E-state index in [1.807, 2.05) is 25.9 Å². The van der Waals surface area contributed by atoms with Gasteiger partial charge in [-0.15, -0.1) is 11.3 Å². The van der Waals surface area contributed by atoms with Crippen LogP contribution in [0.5, 0.6) is 0 Å². The van der Waals surface area contributed by atoms with Crippen LogP contribution in [0.25, 0.3) is 0 Å². The molecular formula is C7H13N3OS. The van der Waals surface area contributed by atoms with Crippen LogP contribution in [0.15, 0.2) is 0 Å². The number of aryl methyl sites for hydroxylation is 1. The monoisotopic (exact) mass is 187 g/mol. The van der Waals surface area contributed by atoms with Gasteiger partial charge in [-0.25, -0.2) is 10.5 Å². The van der Waals surface area contributed by atoms with E-state index in [4.69, 9.17) is 5.21 Å². The van der Waals surface area contributed by atoms with Crippen LogP contribution < -0.4 is 10.4 Å². The lowest BCUT2D eigenvalue weighted by Gasteiger charge is -2.05. The molecule has 1 aromatic rings. The number of hydroxylamine groups is 1. The minimum Gasteiger partial charge on any atom is -0.354 e. The third-order valence-electron chi connectivity index (χ3n) is 1.50. The molecule has 0 aliphatic carbocycles. The zero-order valence-electron chi connectivity index (χ0n) is 7.46. The Bertz CT molecular complexity index is 259. The Hall–Kier alpha value is -0.650. The van der Waals surface area contributed by atoms with Gasteiger partial charge in [0.15, 0.2) is 5.13 Å². The summed E-state index contributed by atoms with van der Waals surface area (Å²) >= 11 is 1.58. The molecule has 0 saturated carbocycles. The fraction of sp³-hybridized carbons (Fsp3) is 0.571. The van der Waals surface area contributed by atoms with E-state index in [-0.39, 0.29) is 0 Å². The molecule has 12 heavy (non-hydrogen) atoms. The third-order valence-corrected chi connectivity index (χ3v) is 2.83. The number of nitrogens with one attached hydrogen (secondary N) is 1. The number of nitrogens with zero attached hydrogens (tertiary/aromatic N) is 2. The molecule has 0 atom stereocenters. The van der Waals surface area contributed by atoms with Crippen LogP contribution in [0, 0.1) is 6.92 Å². The van der Waals surface area contributed by atoms with E-state index in [1.54, 1.807) is 11.3 Å². The third kappa shape index (κ3) is 1.94. The average Bonchev–Trinajstić information content (AvgIpc) is 2.34. The number of anilines is 1. The highest BCUT2D eigenvalue weighted by atomic mass is 32.1. The van der Waals surface area contributed by atoms with E-state index >= 15 is 0 Å². The summed E-state index contributed by atoms with van der Waals surface area (Å²) < 4.78 is 0. The number of hydrogen-bond acceptors (Lipinski definition) is 5. The van der Waals surface area contributed by atoms with Gasteiger partial charge in [0.05, 0.1) is 12.2 Å². The molecule has 1 aromatic heterocycles. The predicted molar refractivity (Wildman–Crippen MR) is 49.8 cm³/mol. The molecule has 0 fully saturated rings. The molecular weight excluding hydrogens is 174 g/mol. The molecule has 1 heterocycles. The molecule has 1 rings (SSSR count). The molecule has 68 valence electrons. The standard InChI is InChI=1S/C7H13N3OS/c1-5-6(4-8-11)12-7(9-5)10(2)3/h8,11H,4H2,1-3H3. The Morgan fingerprint density at radius 2 is 2.25 bits per heavy atom. The minimum absolute atomic E-state index is 0.470. The van der Waals surface area contributed by atoms with Crippen molar-refractivity contribution in [3.8, 4) is 0 Å². The Kier molecular flexibility index (Phi) is 3.02. The van der Waals surface area contributed by atoms with Crippen molar-refractivity contribution in [2.24, 2.45) is 0 Å². The summed E-state index contributed by atoms with van der Waals surface area (Å²) in [5, 5.41) is 9.48. The number of thiazole rings is 1. The molecule has 0 aliphatic heterocycles. The second-order valence-electron chi connectivity index (χ2n) is 2.73. The van der Waals surface area contributed by atoms with Gasteiger partial charge in [0.25, 0.3) is 0 Å². The van der Waals surface area contributed by atoms with Crippen molar-refractivity contribution in [3.63, 3.8) is 0 Å². The largest absolute Gasteiger partial charge is 0.354 e. The van der Waals surface area contributed by atoms with Gasteiger partial charge in [-0.2, -0.15) is 0 Å². The Morgan fingerprint density at radius 1 is 1.58 bits per heavy atom. The van der Waals surface area contributed by atoms with E-state index in [1.165, 1.54) is 0 Å². The molecule has 0 aromatic carbocycles. The van der Waals surface area contributed by atoms with Gasteiger partial charge >= 0.3 is 0 Å². The van der Waals surface area contributed by atoms with Crippen LogP contribution in [-0.2, 0) is 6.54 Å². The zero-order chi connectivity index (χ0) is 9.14. The van der Waals surface area contributed by atoms with Crippen molar-refractivity contribution in [1.82, 2.24) is 10.5 Å². The van der Waals surface area contributed by atoms with Gasteiger partial charge in [-0.3, -0.25) is 0 Å². The van der Waals surface area contributed by atoms with Crippen molar-refractivity contribution in [1.29, 1.82) is 0 Å². The highest BCUT2D eigenvalue weighted by Gasteiger charge is 2.07. The van der Waals surface area contributed by atoms with Crippen molar-refractivity contribution in [2.75, 3.05) is 19.0 Å². The van der Waals surface area contributed by atoms with Gasteiger partial charge in [0.2, 0.25) is 0 Å². The molecule has 0 bridgehead atoms. The lowest BCUT2D eigenvalue weighted by atomic mass is 10.4. The average molecular weight is 187 g/mol. The molecule has 0 aliphatic rings. The SMILES string of the molecule is Cc1nc(N(C)C)sc1CNO. The Balaban J connectivity index is 2.85. The summed E-state index contributed by atoms with van der Waals surface area (Å²) in [5.74, 6) is 0. The number of hydrogen-bond donors (Lipinski definition) is 2. The van der Waals surface area contributed by atoms with Crippen LogP contribution in [0.2, 0.25) is 0 Å². The first-order valence-electron chi connectivity index (χ1n) is 3.65. The highest BCUT2D eigenvalue weighted by Crippen LogP contribution is 2.23. The number of aromatic nitrogens is 1. The smallest absolute Gasteiger partial charge is 0.185 e. The first-order valence-corrected chi connectivity index (χ1v) is 4.47. The maximum atomic E-state index is 8.51. The van der Waals surface area contributed by atoms with Crippen LogP contribution in [0.4, 0.5) is 5.13 Å². The van der Waals surface area contributed by atoms with E-state index in [0.29, 0.717) is 6.54 Å². The molecule has 0 spiro atoms. The van der Waals surface area contributed by atoms with Gasteiger partial charge in [-0.05, 0) is 6.92 Å². The van der Waals surface area contributed by atoms with Crippen molar-refractivity contribution >= 4 is 16.5 Å². The molecule has 4 nitrogen and oxygen atoms in total. The van der Waals surface area contributed by atoms with Crippen LogP contribution in [-0.4, -0.2) is 24.3 Å². The molecule has 0 saturated heterocycles. The molecule has 5 heteroatoms. The van der Waals surface area contributed by atoms with E-state index in [0.717, 1.165) is 15.7 Å². The van der Waals surface area contributed by atoms with E-state index in [9.17, 15) is 0 Å². The summed E-state index contributed by atoms with van der Waals surface area (Å²) in [4.78, 5) is 7.35. The molecule has 0 amide bonds. The quantitative estimate of drug-likeness (QED) is 0.693. The lowest BCUT2D eigenvalue weighted by Crippen LogP contribution is -2.07. The molecule has 0 unspecified atom stereocenters. The van der Waals surface area contributed by atoms with E-state index in [2.05, 4.69) is 10.5 Å². The number of rotatable bonds is 3.